The lowest BCUT2D eigenvalue weighted by Gasteiger charge is -2.33. The minimum Gasteiger partial charge on any atom is -0.493 e. The molecule has 208 valence electrons. The quantitative estimate of drug-likeness (QED) is 0.179. The van der Waals surface area contributed by atoms with Crippen LogP contribution in [-0.4, -0.2) is 29.8 Å². The molecule has 1 saturated carbocycles. The molecule has 2 fully saturated rings. The van der Waals surface area contributed by atoms with Crippen molar-refractivity contribution in [3.63, 3.8) is 0 Å². The first-order valence-electron chi connectivity index (χ1n) is 14.6. The van der Waals surface area contributed by atoms with Crippen molar-refractivity contribution >= 4 is 16.7 Å². The molecule has 0 spiro atoms. The van der Waals surface area contributed by atoms with Crippen molar-refractivity contribution in [3.05, 3.63) is 102 Å². The molecule has 1 saturated heterocycles. The molecule has 1 aliphatic heterocycles. The van der Waals surface area contributed by atoms with Crippen molar-refractivity contribution in [2.24, 2.45) is 0 Å². The van der Waals surface area contributed by atoms with Crippen LogP contribution in [0.3, 0.4) is 0 Å². The van der Waals surface area contributed by atoms with E-state index in [4.69, 9.17) is 19.2 Å². The van der Waals surface area contributed by atoms with Gasteiger partial charge in [-0.2, -0.15) is 0 Å². The van der Waals surface area contributed by atoms with E-state index in [9.17, 15) is 0 Å². The van der Waals surface area contributed by atoms with Gasteiger partial charge in [-0.25, -0.2) is 4.98 Å². The Morgan fingerprint density at radius 3 is 2.05 bits per heavy atom. The molecular formula is C35H35N3O3. The van der Waals surface area contributed by atoms with E-state index in [-0.39, 0.29) is 0 Å². The second-order valence-corrected chi connectivity index (χ2v) is 11.0. The van der Waals surface area contributed by atoms with Crippen LogP contribution < -0.4 is 19.1 Å². The summed E-state index contributed by atoms with van der Waals surface area (Å²) >= 11 is 0. The molecule has 6 heteroatoms. The van der Waals surface area contributed by atoms with E-state index >= 15 is 0 Å². The van der Waals surface area contributed by atoms with E-state index in [1.807, 2.05) is 42.5 Å². The van der Waals surface area contributed by atoms with Crippen LogP contribution in [-0.2, 0) is 13.2 Å². The van der Waals surface area contributed by atoms with Crippen molar-refractivity contribution in [1.82, 2.24) is 9.55 Å². The molecule has 41 heavy (non-hydrogen) atoms. The Kier molecular flexibility index (Phi) is 6.97. The summed E-state index contributed by atoms with van der Waals surface area (Å²) in [6, 6.07) is 31.7. The number of methoxy groups -OCH3 is 1. The van der Waals surface area contributed by atoms with Gasteiger partial charge in [0, 0.05) is 30.4 Å². The molecule has 0 bridgehead atoms. The highest BCUT2D eigenvalue weighted by Gasteiger charge is 2.27. The maximum absolute atomic E-state index is 6.46. The van der Waals surface area contributed by atoms with E-state index < -0.39 is 0 Å². The van der Waals surface area contributed by atoms with Crippen LogP contribution >= 0.6 is 0 Å². The Labute approximate surface area is 241 Å². The second-order valence-electron chi connectivity index (χ2n) is 11.0. The first-order chi connectivity index (χ1) is 20.3. The van der Waals surface area contributed by atoms with Crippen molar-refractivity contribution in [2.75, 3.05) is 25.1 Å². The summed E-state index contributed by atoms with van der Waals surface area (Å²) in [5, 5.41) is 0. The summed E-state index contributed by atoms with van der Waals surface area (Å²) in [6.07, 6.45) is 4.83. The molecule has 1 aliphatic carbocycles. The van der Waals surface area contributed by atoms with E-state index in [0.717, 1.165) is 41.1 Å². The third-order valence-corrected chi connectivity index (χ3v) is 8.30. The molecule has 0 amide bonds. The van der Waals surface area contributed by atoms with Gasteiger partial charge in [-0.3, -0.25) is 0 Å². The zero-order valence-electron chi connectivity index (χ0n) is 23.5. The minimum atomic E-state index is 0.415. The number of fused-ring (bicyclic) bond motifs is 1. The molecule has 1 aromatic heterocycles. The number of rotatable bonds is 10. The summed E-state index contributed by atoms with van der Waals surface area (Å²) in [5.74, 6) is 2.83. The number of anilines is 1. The molecular weight excluding hydrogens is 510 g/mol. The molecule has 4 aromatic carbocycles. The van der Waals surface area contributed by atoms with Gasteiger partial charge in [0.05, 0.1) is 18.1 Å². The molecule has 2 aliphatic rings. The monoisotopic (exact) mass is 545 g/mol. The zero-order chi connectivity index (χ0) is 27.6. The minimum absolute atomic E-state index is 0.415. The lowest BCUT2D eigenvalue weighted by atomic mass is 9.92. The largest absolute Gasteiger partial charge is 0.493 e. The Morgan fingerprint density at radius 2 is 1.44 bits per heavy atom. The first-order valence-corrected chi connectivity index (χ1v) is 14.6. The van der Waals surface area contributed by atoms with Crippen LogP contribution in [0.15, 0.2) is 91.0 Å². The standard InChI is InChI=1S/C35H35N3O3/c1-39-32-20-27(35-36-30-22-29(37-18-9-19-37)16-17-31(30)38(35)28-14-8-15-28)21-33(40-23-25-10-4-2-5-11-25)34(32)41-24-26-12-6-3-7-13-26/h2-7,10-13,16-17,20-22,28H,8-9,14-15,18-19,23-24H2,1H3. The van der Waals surface area contributed by atoms with Gasteiger partial charge >= 0.3 is 0 Å². The Hall–Kier alpha value is -4.45. The fraction of sp³-hybridized carbons (Fsp3) is 0.286. The maximum atomic E-state index is 6.46. The predicted octanol–water partition coefficient (Wildman–Crippen LogP) is 7.81. The Morgan fingerprint density at radius 1 is 0.756 bits per heavy atom. The van der Waals surface area contributed by atoms with Gasteiger partial charge in [0.15, 0.2) is 11.5 Å². The van der Waals surface area contributed by atoms with Crippen LogP contribution in [0.1, 0.15) is 42.9 Å². The molecule has 0 N–H and O–H groups in total. The second kappa shape index (κ2) is 11.2. The number of benzene rings is 4. The van der Waals surface area contributed by atoms with Gasteiger partial charge in [-0.05, 0) is 67.1 Å². The van der Waals surface area contributed by atoms with Crippen LogP contribution in [0.2, 0.25) is 0 Å². The third kappa shape index (κ3) is 5.10. The van der Waals surface area contributed by atoms with Crippen molar-refractivity contribution in [2.45, 2.75) is 44.9 Å². The lowest BCUT2D eigenvalue weighted by molar-refractivity contribution is 0.244. The van der Waals surface area contributed by atoms with Gasteiger partial charge in [0.1, 0.15) is 19.0 Å². The lowest BCUT2D eigenvalue weighted by Crippen LogP contribution is -2.36. The topological polar surface area (TPSA) is 48.8 Å². The number of nitrogens with zero attached hydrogens (tertiary/aromatic N) is 3. The molecule has 2 heterocycles. The number of ether oxygens (including phenoxy) is 3. The highest BCUT2D eigenvalue weighted by Crippen LogP contribution is 2.45. The van der Waals surface area contributed by atoms with Gasteiger partial charge in [-0.15, -0.1) is 0 Å². The fourth-order valence-electron chi connectivity index (χ4n) is 5.65. The summed E-state index contributed by atoms with van der Waals surface area (Å²) < 4.78 is 21.2. The molecule has 5 aromatic rings. The predicted molar refractivity (Wildman–Crippen MR) is 163 cm³/mol. The Balaban J connectivity index is 1.31. The molecule has 0 unspecified atom stereocenters. The van der Waals surface area contributed by atoms with Crippen molar-refractivity contribution < 1.29 is 14.2 Å². The first kappa shape index (κ1) is 25.5. The van der Waals surface area contributed by atoms with Gasteiger partial charge < -0.3 is 23.7 Å². The average molecular weight is 546 g/mol. The van der Waals surface area contributed by atoms with Crippen molar-refractivity contribution in [3.8, 4) is 28.6 Å². The number of imidazole rings is 1. The summed E-state index contributed by atoms with van der Waals surface area (Å²) in [5.41, 5.74) is 6.60. The van der Waals surface area contributed by atoms with E-state index in [1.165, 1.54) is 36.9 Å². The Bertz CT molecular complexity index is 1640. The van der Waals surface area contributed by atoms with E-state index in [0.29, 0.717) is 36.5 Å². The normalized spacial score (nSPS) is 14.9. The van der Waals surface area contributed by atoms with Crippen molar-refractivity contribution in [1.29, 1.82) is 0 Å². The van der Waals surface area contributed by atoms with Crippen LogP contribution in [0.25, 0.3) is 22.4 Å². The SMILES string of the molecule is COc1cc(-c2nc3cc(N4CCC4)ccc3n2C2CCC2)cc(OCc2ccccc2)c1OCc1ccccc1. The van der Waals surface area contributed by atoms with Crippen LogP contribution in [0, 0.1) is 0 Å². The average Bonchev–Trinajstić information content (AvgIpc) is 3.32. The molecule has 0 radical (unpaired) electrons. The summed E-state index contributed by atoms with van der Waals surface area (Å²) in [7, 11) is 1.68. The number of hydrogen-bond donors (Lipinski definition) is 0. The van der Waals surface area contributed by atoms with Gasteiger partial charge in [0.2, 0.25) is 5.75 Å². The van der Waals surface area contributed by atoms with E-state index in [2.05, 4.69) is 58.0 Å². The van der Waals surface area contributed by atoms with Crippen LogP contribution in [0.4, 0.5) is 5.69 Å². The van der Waals surface area contributed by atoms with E-state index in [1.54, 1.807) is 7.11 Å². The number of hydrogen-bond acceptors (Lipinski definition) is 5. The fourth-order valence-corrected chi connectivity index (χ4v) is 5.65. The van der Waals surface area contributed by atoms with Gasteiger partial charge in [0.25, 0.3) is 0 Å². The van der Waals surface area contributed by atoms with Gasteiger partial charge in [-0.1, -0.05) is 60.7 Å². The van der Waals surface area contributed by atoms with Crippen LogP contribution in [0.5, 0.6) is 17.2 Å². The molecule has 0 atom stereocenters. The highest BCUT2D eigenvalue weighted by molar-refractivity contribution is 5.85. The molecule has 6 nitrogen and oxygen atoms in total. The molecule has 7 rings (SSSR count). The maximum Gasteiger partial charge on any atom is 0.203 e. The summed E-state index contributed by atoms with van der Waals surface area (Å²) in [4.78, 5) is 7.65. The summed E-state index contributed by atoms with van der Waals surface area (Å²) in [6.45, 7) is 3.07. The number of aromatic nitrogens is 2. The smallest absolute Gasteiger partial charge is 0.203 e. The third-order valence-electron chi connectivity index (χ3n) is 8.30. The highest BCUT2D eigenvalue weighted by atomic mass is 16.5. The zero-order valence-corrected chi connectivity index (χ0v) is 23.5.